The van der Waals surface area contributed by atoms with Crippen molar-refractivity contribution in [3.63, 3.8) is 0 Å². The Labute approximate surface area is 154 Å². The third-order valence-corrected chi connectivity index (χ3v) is 4.32. The van der Waals surface area contributed by atoms with Gasteiger partial charge in [-0.25, -0.2) is 0 Å². The number of allylic oxidation sites excluding steroid dienone is 5. The van der Waals surface area contributed by atoms with Crippen molar-refractivity contribution >= 4 is 11.7 Å². The van der Waals surface area contributed by atoms with Gasteiger partial charge in [0.05, 0.1) is 0 Å². The third kappa shape index (κ3) is 13.3. The lowest BCUT2D eigenvalue weighted by Gasteiger charge is -2.19. The third-order valence-electron chi connectivity index (χ3n) is 4.32. The summed E-state index contributed by atoms with van der Waals surface area (Å²) in [6.45, 7) is 13.2. The number of amides is 1. The van der Waals surface area contributed by atoms with Gasteiger partial charge in [0.2, 0.25) is 5.91 Å². The molecule has 0 bridgehead atoms. The maximum Gasteiger partial charge on any atom is 0.219 e. The predicted molar refractivity (Wildman–Crippen MR) is 108 cm³/mol. The highest BCUT2D eigenvalue weighted by atomic mass is 16.2. The van der Waals surface area contributed by atoms with Crippen LogP contribution in [-0.4, -0.2) is 29.7 Å². The topological polar surface area (TPSA) is 37.4 Å². The molecule has 0 saturated heterocycles. The molecule has 0 radical (unpaired) electrons. The molecule has 0 saturated carbocycles. The first-order valence-corrected chi connectivity index (χ1v) is 9.48. The lowest BCUT2D eigenvalue weighted by atomic mass is 10.1. The maximum absolute atomic E-state index is 11.4. The van der Waals surface area contributed by atoms with Gasteiger partial charge in [-0.05, 0) is 66.7 Å². The molecular formula is C22H37NO2. The Hall–Kier alpha value is -1.64. The summed E-state index contributed by atoms with van der Waals surface area (Å²) in [4.78, 5) is 24.2. The molecule has 1 amide bonds. The van der Waals surface area contributed by atoms with E-state index >= 15 is 0 Å². The molecule has 3 heteroatoms. The van der Waals surface area contributed by atoms with E-state index in [4.69, 9.17) is 0 Å². The van der Waals surface area contributed by atoms with E-state index in [-0.39, 0.29) is 11.7 Å². The normalized spacial score (nSPS) is 13.1. The SMILES string of the molecule is CCN(C/C(C)=C/CC/C(C)=C/CC/C(C)=C/CCC(C)=O)C(C)=O. The molecule has 0 aromatic carbocycles. The van der Waals surface area contributed by atoms with Crippen LogP contribution >= 0.6 is 0 Å². The minimum Gasteiger partial charge on any atom is -0.339 e. The van der Waals surface area contributed by atoms with E-state index < -0.39 is 0 Å². The zero-order chi connectivity index (χ0) is 19.2. The van der Waals surface area contributed by atoms with E-state index in [1.165, 1.54) is 16.7 Å². The van der Waals surface area contributed by atoms with Crippen LogP contribution in [0, 0.1) is 0 Å². The molecule has 0 rings (SSSR count). The number of likely N-dealkylation sites (N-methyl/N-ethyl adjacent to an activating group) is 1. The number of nitrogens with zero attached hydrogens (tertiary/aromatic N) is 1. The van der Waals surface area contributed by atoms with Gasteiger partial charge in [-0.2, -0.15) is 0 Å². The second-order valence-corrected chi connectivity index (χ2v) is 7.00. The summed E-state index contributed by atoms with van der Waals surface area (Å²) in [5.41, 5.74) is 4.04. The van der Waals surface area contributed by atoms with Crippen LogP contribution in [0.15, 0.2) is 34.9 Å². The molecule has 0 aliphatic heterocycles. The molecule has 0 aromatic heterocycles. The number of carbonyl (C=O) groups excluding carboxylic acids is 2. The Bertz CT molecular complexity index is 512. The first-order valence-electron chi connectivity index (χ1n) is 9.48. The molecule has 0 N–H and O–H groups in total. The van der Waals surface area contributed by atoms with Crippen molar-refractivity contribution in [1.82, 2.24) is 4.90 Å². The summed E-state index contributed by atoms with van der Waals surface area (Å²) < 4.78 is 0. The molecule has 3 nitrogen and oxygen atoms in total. The second-order valence-electron chi connectivity index (χ2n) is 7.00. The molecule has 0 unspecified atom stereocenters. The van der Waals surface area contributed by atoms with Gasteiger partial charge in [-0.1, -0.05) is 34.9 Å². The average molecular weight is 348 g/mol. The fourth-order valence-electron chi connectivity index (χ4n) is 2.63. The molecule has 0 aromatic rings. The quantitative estimate of drug-likeness (QED) is 0.429. The van der Waals surface area contributed by atoms with Crippen molar-refractivity contribution < 1.29 is 9.59 Å². The van der Waals surface area contributed by atoms with Gasteiger partial charge in [-0.15, -0.1) is 0 Å². The monoisotopic (exact) mass is 347 g/mol. The highest BCUT2D eigenvalue weighted by molar-refractivity contribution is 5.75. The van der Waals surface area contributed by atoms with Gasteiger partial charge in [-0.3, -0.25) is 4.79 Å². The van der Waals surface area contributed by atoms with Crippen LogP contribution in [-0.2, 0) is 9.59 Å². The van der Waals surface area contributed by atoms with Gasteiger partial charge in [0.1, 0.15) is 5.78 Å². The van der Waals surface area contributed by atoms with E-state index in [1.807, 2.05) is 11.8 Å². The van der Waals surface area contributed by atoms with Crippen LogP contribution in [0.2, 0.25) is 0 Å². The minimum atomic E-state index is 0.137. The van der Waals surface area contributed by atoms with Crippen LogP contribution in [0.1, 0.15) is 80.1 Å². The van der Waals surface area contributed by atoms with E-state index in [2.05, 4.69) is 39.0 Å². The number of carbonyl (C=O) groups is 2. The number of ketones is 1. The summed E-state index contributed by atoms with van der Waals surface area (Å²) in [6, 6.07) is 0. The fourth-order valence-corrected chi connectivity index (χ4v) is 2.63. The lowest BCUT2D eigenvalue weighted by Crippen LogP contribution is -2.29. The van der Waals surface area contributed by atoms with Gasteiger partial charge in [0.15, 0.2) is 0 Å². The van der Waals surface area contributed by atoms with Gasteiger partial charge in [0, 0.05) is 26.4 Å². The van der Waals surface area contributed by atoms with Gasteiger partial charge >= 0.3 is 0 Å². The van der Waals surface area contributed by atoms with E-state index in [9.17, 15) is 9.59 Å². The lowest BCUT2D eigenvalue weighted by molar-refractivity contribution is -0.128. The highest BCUT2D eigenvalue weighted by Crippen LogP contribution is 2.12. The van der Waals surface area contributed by atoms with Crippen LogP contribution in [0.3, 0.4) is 0 Å². The molecule has 0 fully saturated rings. The summed E-state index contributed by atoms with van der Waals surface area (Å²) >= 11 is 0. The highest BCUT2D eigenvalue weighted by Gasteiger charge is 2.05. The Balaban J connectivity index is 4.14. The van der Waals surface area contributed by atoms with Crippen molar-refractivity contribution in [2.24, 2.45) is 0 Å². The largest absolute Gasteiger partial charge is 0.339 e. The standard InChI is InChI=1S/C22H37NO2/c1-7-23(22(6)25)17-20(4)15-9-13-18(2)11-8-12-19(3)14-10-16-21(5)24/h11,14-15H,7-10,12-13,16-17H2,1-6H3/b18-11+,19-14+,20-15+. The zero-order valence-electron chi connectivity index (χ0n) is 17.2. The molecule has 0 aliphatic carbocycles. The van der Waals surface area contributed by atoms with Crippen molar-refractivity contribution in [2.75, 3.05) is 13.1 Å². The van der Waals surface area contributed by atoms with E-state index in [0.29, 0.717) is 6.42 Å². The Morgan fingerprint density at radius 1 is 0.720 bits per heavy atom. The van der Waals surface area contributed by atoms with Gasteiger partial charge in [0.25, 0.3) is 0 Å². The van der Waals surface area contributed by atoms with Crippen molar-refractivity contribution in [2.45, 2.75) is 80.1 Å². The van der Waals surface area contributed by atoms with Crippen molar-refractivity contribution in [3.05, 3.63) is 34.9 Å². The molecule has 0 atom stereocenters. The van der Waals surface area contributed by atoms with Crippen molar-refractivity contribution in [1.29, 1.82) is 0 Å². The average Bonchev–Trinajstić information content (AvgIpc) is 2.51. The van der Waals surface area contributed by atoms with Crippen LogP contribution in [0.25, 0.3) is 0 Å². The number of hydrogen-bond acceptors (Lipinski definition) is 2. The Morgan fingerprint density at radius 3 is 1.56 bits per heavy atom. The smallest absolute Gasteiger partial charge is 0.219 e. The second kappa shape index (κ2) is 13.6. The van der Waals surface area contributed by atoms with Crippen LogP contribution in [0.5, 0.6) is 0 Å². The number of rotatable bonds is 12. The van der Waals surface area contributed by atoms with Crippen molar-refractivity contribution in [3.8, 4) is 0 Å². The van der Waals surface area contributed by atoms with Crippen LogP contribution in [0.4, 0.5) is 0 Å². The Morgan fingerprint density at radius 2 is 1.16 bits per heavy atom. The Kier molecular flexibility index (Phi) is 12.7. The molecule has 0 aliphatic rings. The molecule has 25 heavy (non-hydrogen) atoms. The summed E-state index contributed by atoms with van der Waals surface area (Å²) in [7, 11) is 0. The van der Waals surface area contributed by atoms with Crippen LogP contribution < -0.4 is 0 Å². The number of hydrogen-bond donors (Lipinski definition) is 0. The molecule has 0 heterocycles. The number of Topliss-reactive ketones (excluding diaryl/α,β-unsaturated/α-hetero) is 1. The summed E-state index contributed by atoms with van der Waals surface area (Å²) in [5, 5.41) is 0. The first-order chi connectivity index (χ1) is 11.8. The fraction of sp³-hybridized carbons (Fsp3) is 0.636. The summed E-state index contributed by atoms with van der Waals surface area (Å²) in [6.07, 6.45) is 12.5. The predicted octanol–water partition coefficient (Wildman–Crippen LogP) is 5.62. The van der Waals surface area contributed by atoms with Gasteiger partial charge < -0.3 is 9.69 Å². The molecule has 142 valence electrons. The van der Waals surface area contributed by atoms with E-state index in [0.717, 1.165) is 45.2 Å². The minimum absolute atomic E-state index is 0.137. The molecular weight excluding hydrogens is 310 g/mol. The maximum atomic E-state index is 11.4. The summed E-state index contributed by atoms with van der Waals surface area (Å²) in [5.74, 6) is 0.395. The first kappa shape index (κ1) is 23.4. The molecule has 0 spiro atoms. The zero-order valence-corrected chi connectivity index (χ0v) is 17.2. The van der Waals surface area contributed by atoms with E-state index in [1.54, 1.807) is 13.8 Å².